The fraction of sp³-hybridized carbons (Fsp3) is 0.552. The van der Waals surface area contributed by atoms with Gasteiger partial charge in [0.25, 0.3) is 0 Å². The highest BCUT2D eigenvalue weighted by atomic mass is 32.1. The van der Waals surface area contributed by atoms with E-state index < -0.39 is 12.2 Å². The maximum absolute atomic E-state index is 13.3. The molecule has 1 aromatic heterocycles. The van der Waals surface area contributed by atoms with Gasteiger partial charge in [0, 0.05) is 38.4 Å². The molecule has 39 heavy (non-hydrogen) atoms. The Morgan fingerprint density at radius 2 is 1.90 bits per heavy atom. The molecule has 2 bridgehead atoms. The number of methoxy groups -OCH3 is 1. The predicted octanol–water partition coefficient (Wildman–Crippen LogP) is 5.33. The van der Waals surface area contributed by atoms with Crippen LogP contribution in [0.25, 0.3) is 11.1 Å². The Hall–Kier alpha value is -2.95. The highest BCUT2D eigenvalue weighted by Crippen LogP contribution is 2.43. The Bertz CT molecular complexity index is 1190. The molecule has 0 saturated heterocycles. The third-order valence-corrected chi connectivity index (χ3v) is 9.37. The van der Waals surface area contributed by atoms with Crippen molar-refractivity contribution < 1.29 is 24.2 Å². The monoisotopic (exact) mass is 556 g/mol. The summed E-state index contributed by atoms with van der Waals surface area (Å²) in [5, 5.41) is 19.7. The van der Waals surface area contributed by atoms with Crippen LogP contribution >= 0.6 is 11.3 Å². The first-order valence-corrected chi connectivity index (χ1v) is 14.6. The number of hydrogen-bond donors (Lipinski definition) is 5. The van der Waals surface area contributed by atoms with Crippen molar-refractivity contribution in [1.29, 1.82) is 0 Å². The number of thiophene rings is 1. The molecule has 1 fully saturated rings. The fourth-order valence-electron chi connectivity index (χ4n) is 5.50. The number of benzene rings is 1. The van der Waals surface area contributed by atoms with Gasteiger partial charge in [-0.15, -0.1) is 11.3 Å². The molecule has 10 heteroatoms. The Labute approximate surface area is 233 Å². The number of amides is 3. The van der Waals surface area contributed by atoms with Gasteiger partial charge in [0.05, 0.1) is 24.9 Å². The van der Waals surface area contributed by atoms with Crippen molar-refractivity contribution in [2.45, 2.75) is 70.9 Å². The molecule has 3 amide bonds. The SMILES string of the molecule is COC(=O)Nc1ccc2c(c1)NC(=O)[C@H](C)CCC[C@H](NC(=O)[C@H]1CC[C@H](CN)CC1)c1cc-2c(C(C)O)s1. The molecule has 4 rings (SSSR count). The molecule has 1 aromatic carbocycles. The van der Waals surface area contributed by atoms with Crippen LogP contribution in [0.5, 0.6) is 0 Å². The molecule has 1 unspecified atom stereocenters. The highest BCUT2D eigenvalue weighted by Gasteiger charge is 2.30. The number of nitrogens with two attached hydrogens (primary N) is 1. The molecular formula is C29H40N4O5S. The van der Waals surface area contributed by atoms with E-state index in [1.165, 1.54) is 18.4 Å². The Morgan fingerprint density at radius 3 is 2.56 bits per heavy atom. The molecule has 0 radical (unpaired) electrons. The van der Waals surface area contributed by atoms with Crippen LogP contribution in [0, 0.1) is 17.8 Å². The number of nitrogens with one attached hydrogen (secondary N) is 3. The maximum Gasteiger partial charge on any atom is 0.411 e. The normalized spacial score (nSPS) is 24.3. The van der Waals surface area contributed by atoms with E-state index in [0.29, 0.717) is 36.7 Å². The molecule has 1 aliphatic carbocycles. The Balaban J connectivity index is 1.70. The largest absolute Gasteiger partial charge is 0.453 e. The summed E-state index contributed by atoms with van der Waals surface area (Å²) in [6.45, 7) is 4.28. The van der Waals surface area contributed by atoms with Crippen LogP contribution < -0.4 is 21.7 Å². The second-order valence-electron chi connectivity index (χ2n) is 10.8. The van der Waals surface area contributed by atoms with Crippen molar-refractivity contribution in [1.82, 2.24) is 5.32 Å². The van der Waals surface area contributed by atoms with Gasteiger partial charge in [0.15, 0.2) is 0 Å². The lowest BCUT2D eigenvalue weighted by Gasteiger charge is -2.28. The van der Waals surface area contributed by atoms with Gasteiger partial charge in [-0.1, -0.05) is 19.4 Å². The van der Waals surface area contributed by atoms with Crippen molar-refractivity contribution in [2.24, 2.45) is 23.5 Å². The number of carbonyl (C=O) groups excluding carboxylic acids is 3. The van der Waals surface area contributed by atoms with Gasteiger partial charge >= 0.3 is 6.09 Å². The average Bonchev–Trinajstić information content (AvgIpc) is 3.37. The van der Waals surface area contributed by atoms with E-state index in [2.05, 4.69) is 16.0 Å². The van der Waals surface area contributed by atoms with Crippen molar-refractivity contribution >= 4 is 40.6 Å². The van der Waals surface area contributed by atoms with Gasteiger partial charge in [-0.05, 0) is 76.1 Å². The molecule has 3 atom stereocenters. The van der Waals surface area contributed by atoms with Gasteiger partial charge in [-0.3, -0.25) is 14.9 Å². The summed E-state index contributed by atoms with van der Waals surface area (Å²) in [5.74, 6) is 0.178. The standard InChI is InChI=1S/C29H40N4O5S/c1-16-5-4-6-23(32-28(36)19-9-7-18(15-30)8-10-19)25-14-22(26(39-25)17(2)34)21-12-11-20(31-29(37)38-3)13-24(21)33-27(16)35/h11-14,16-19,23,34H,4-10,15,30H2,1-3H3,(H,31,37)(H,32,36)(H,33,35)/t16-,17?,18-,19-,23+/m1/s1. The third kappa shape index (κ3) is 6.98. The molecule has 2 aliphatic rings. The molecule has 2 aromatic rings. The molecule has 2 heterocycles. The Kier molecular flexibility index (Phi) is 9.63. The van der Waals surface area contributed by atoms with Crippen LogP contribution in [-0.2, 0) is 14.3 Å². The van der Waals surface area contributed by atoms with E-state index in [1.807, 2.05) is 19.1 Å². The van der Waals surface area contributed by atoms with Crippen LogP contribution in [0.2, 0.25) is 0 Å². The van der Waals surface area contributed by atoms with E-state index in [4.69, 9.17) is 10.5 Å². The van der Waals surface area contributed by atoms with Crippen LogP contribution in [0.4, 0.5) is 16.2 Å². The molecule has 212 valence electrons. The van der Waals surface area contributed by atoms with Crippen LogP contribution in [0.15, 0.2) is 24.3 Å². The number of fused-ring (bicyclic) bond motifs is 4. The topological polar surface area (TPSA) is 143 Å². The first-order chi connectivity index (χ1) is 18.7. The first kappa shape index (κ1) is 29.0. The lowest BCUT2D eigenvalue weighted by molar-refractivity contribution is -0.127. The second kappa shape index (κ2) is 12.9. The zero-order valence-corrected chi connectivity index (χ0v) is 23.7. The molecular weight excluding hydrogens is 516 g/mol. The lowest BCUT2D eigenvalue weighted by atomic mass is 9.81. The summed E-state index contributed by atoms with van der Waals surface area (Å²) in [6.07, 6.45) is 4.42. The van der Waals surface area contributed by atoms with Crippen LogP contribution in [0.1, 0.15) is 80.7 Å². The fourth-order valence-corrected chi connectivity index (χ4v) is 6.70. The van der Waals surface area contributed by atoms with Gasteiger partial charge in [0.2, 0.25) is 11.8 Å². The third-order valence-electron chi connectivity index (χ3n) is 7.95. The molecule has 6 N–H and O–H groups in total. The summed E-state index contributed by atoms with van der Waals surface area (Å²) >= 11 is 1.49. The molecule has 1 aliphatic heterocycles. The summed E-state index contributed by atoms with van der Waals surface area (Å²) < 4.78 is 4.71. The minimum Gasteiger partial charge on any atom is -0.453 e. The minimum atomic E-state index is -0.748. The zero-order valence-electron chi connectivity index (χ0n) is 22.9. The van der Waals surface area contributed by atoms with Crippen LogP contribution in [-0.4, -0.2) is 36.7 Å². The van der Waals surface area contributed by atoms with Crippen molar-refractivity contribution in [3.8, 4) is 11.1 Å². The first-order valence-electron chi connectivity index (χ1n) is 13.8. The number of anilines is 2. The van der Waals surface area contributed by atoms with Crippen molar-refractivity contribution in [3.05, 3.63) is 34.0 Å². The zero-order chi connectivity index (χ0) is 28.1. The average molecular weight is 557 g/mol. The summed E-state index contributed by atoms with van der Waals surface area (Å²) in [4.78, 5) is 40.0. The van der Waals surface area contributed by atoms with E-state index in [1.54, 1.807) is 19.1 Å². The molecule has 1 saturated carbocycles. The predicted molar refractivity (Wildman–Crippen MR) is 153 cm³/mol. The van der Waals surface area contributed by atoms with E-state index in [-0.39, 0.29) is 29.7 Å². The number of rotatable bonds is 5. The molecule has 0 spiro atoms. The van der Waals surface area contributed by atoms with E-state index in [0.717, 1.165) is 53.0 Å². The van der Waals surface area contributed by atoms with Gasteiger partial charge in [-0.2, -0.15) is 0 Å². The maximum atomic E-state index is 13.3. The number of hydrogen-bond acceptors (Lipinski definition) is 7. The summed E-state index contributed by atoms with van der Waals surface area (Å²) in [6, 6.07) is 7.06. The number of aliphatic hydroxyl groups is 1. The van der Waals surface area contributed by atoms with Gasteiger partial charge < -0.3 is 26.2 Å². The summed E-state index contributed by atoms with van der Waals surface area (Å²) in [7, 11) is 1.29. The quantitative estimate of drug-likeness (QED) is 0.337. The second-order valence-corrected chi connectivity index (χ2v) is 11.9. The number of aliphatic hydroxyl groups excluding tert-OH is 1. The van der Waals surface area contributed by atoms with Crippen molar-refractivity contribution in [3.63, 3.8) is 0 Å². The lowest BCUT2D eigenvalue weighted by Crippen LogP contribution is -2.36. The molecule has 9 nitrogen and oxygen atoms in total. The van der Waals surface area contributed by atoms with Crippen LogP contribution in [0.3, 0.4) is 0 Å². The van der Waals surface area contributed by atoms with E-state index >= 15 is 0 Å². The Morgan fingerprint density at radius 1 is 1.15 bits per heavy atom. The summed E-state index contributed by atoms with van der Waals surface area (Å²) in [5.41, 5.74) is 8.37. The van der Waals surface area contributed by atoms with E-state index in [9.17, 15) is 19.5 Å². The minimum absolute atomic E-state index is 0.0176. The van der Waals surface area contributed by atoms with Gasteiger partial charge in [-0.25, -0.2) is 4.79 Å². The highest BCUT2D eigenvalue weighted by molar-refractivity contribution is 7.12. The van der Waals surface area contributed by atoms with Gasteiger partial charge in [0.1, 0.15) is 0 Å². The number of ether oxygens (including phenoxy) is 1. The smallest absolute Gasteiger partial charge is 0.411 e. The van der Waals surface area contributed by atoms with Crippen molar-refractivity contribution in [2.75, 3.05) is 24.3 Å². The number of carbonyl (C=O) groups is 3.